The molecule has 0 N–H and O–H groups in total. The number of carbonyl (C=O) groups excluding carboxylic acids is 2. The fraction of sp³-hybridized carbons (Fsp3) is 0.118. The molecule has 42 heavy (non-hydrogen) atoms. The molecule has 0 aromatic heterocycles. The maximum absolute atomic E-state index is 13.1. The van der Waals surface area contributed by atoms with Crippen LogP contribution in [0.2, 0.25) is 0 Å². The third kappa shape index (κ3) is 5.73. The minimum atomic E-state index is -0.349. The second-order valence-corrected chi connectivity index (χ2v) is 11.5. The lowest BCUT2D eigenvalue weighted by Gasteiger charge is -2.15. The van der Waals surface area contributed by atoms with E-state index >= 15 is 0 Å². The van der Waals surface area contributed by atoms with E-state index < -0.39 is 0 Å². The van der Waals surface area contributed by atoms with Gasteiger partial charge in [-0.2, -0.15) is 0 Å². The van der Waals surface area contributed by atoms with Crippen molar-refractivity contribution >= 4 is 66.5 Å². The third-order valence-corrected chi connectivity index (χ3v) is 8.49. The van der Waals surface area contributed by atoms with Crippen LogP contribution in [-0.4, -0.2) is 36.3 Å². The van der Waals surface area contributed by atoms with Crippen LogP contribution in [0.15, 0.2) is 106 Å². The first-order valence-corrected chi connectivity index (χ1v) is 15.0. The van der Waals surface area contributed by atoms with E-state index in [1.165, 1.54) is 4.90 Å². The lowest BCUT2D eigenvalue weighted by Crippen LogP contribution is -2.32. The number of halogens is 1. The number of hydrogen-bond donors (Lipinski definition) is 0. The Balaban J connectivity index is 1.15. The standard InChI is InChI=1S/C34H26BrNO5S/c1-39-30-19-22(18-28(35)32(30)41-21-25-12-6-10-23-8-2-4-13-26(23)25)20-31-33(37)36(34(38)42-31)16-17-40-29-15-7-11-24-9-3-5-14-27(24)29/h2-15,18-20H,16-17,21H2,1H3/b31-20-. The predicted octanol–water partition coefficient (Wildman–Crippen LogP) is 8.46. The van der Waals surface area contributed by atoms with Crippen molar-refractivity contribution in [3.05, 3.63) is 118 Å². The van der Waals surface area contributed by atoms with Gasteiger partial charge in [0.1, 0.15) is 19.0 Å². The van der Waals surface area contributed by atoms with Gasteiger partial charge in [-0.15, -0.1) is 0 Å². The quantitative estimate of drug-likeness (QED) is 0.151. The highest BCUT2D eigenvalue weighted by molar-refractivity contribution is 9.10. The summed E-state index contributed by atoms with van der Waals surface area (Å²) < 4.78 is 18.5. The summed E-state index contributed by atoms with van der Waals surface area (Å²) in [5.74, 6) is 1.44. The molecule has 0 bridgehead atoms. The van der Waals surface area contributed by atoms with Gasteiger partial charge in [-0.05, 0) is 79.3 Å². The summed E-state index contributed by atoms with van der Waals surface area (Å²) >= 11 is 4.52. The minimum absolute atomic E-state index is 0.152. The molecule has 0 atom stereocenters. The van der Waals surface area contributed by atoms with Crippen LogP contribution in [-0.2, 0) is 11.4 Å². The molecule has 5 aromatic carbocycles. The maximum Gasteiger partial charge on any atom is 0.293 e. The largest absolute Gasteiger partial charge is 0.493 e. The smallest absolute Gasteiger partial charge is 0.293 e. The van der Waals surface area contributed by atoms with E-state index in [-0.39, 0.29) is 24.3 Å². The van der Waals surface area contributed by atoms with Crippen LogP contribution < -0.4 is 14.2 Å². The van der Waals surface area contributed by atoms with Gasteiger partial charge in [0.15, 0.2) is 11.5 Å². The molecule has 0 radical (unpaired) electrons. The van der Waals surface area contributed by atoms with Crippen molar-refractivity contribution in [2.45, 2.75) is 6.61 Å². The normalized spacial score (nSPS) is 14.2. The van der Waals surface area contributed by atoms with Gasteiger partial charge in [0, 0.05) is 5.39 Å². The van der Waals surface area contributed by atoms with Crippen molar-refractivity contribution in [3.8, 4) is 17.2 Å². The third-order valence-electron chi connectivity index (χ3n) is 7.00. The summed E-state index contributed by atoms with van der Waals surface area (Å²) in [7, 11) is 1.57. The molecule has 210 valence electrons. The molecule has 0 spiro atoms. The van der Waals surface area contributed by atoms with Crippen molar-refractivity contribution in [1.82, 2.24) is 4.90 Å². The first-order valence-electron chi connectivity index (χ1n) is 13.3. The highest BCUT2D eigenvalue weighted by atomic mass is 79.9. The Labute approximate surface area is 256 Å². The lowest BCUT2D eigenvalue weighted by molar-refractivity contribution is -0.123. The zero-order chi connectivity index (χ0) is 29.1. The highest BCUT2D eigenvalue weighted by Crippen LogP contribution is 2.40. The van der Waals surface area contributed by atoms with E-state index in [9.17, 15) is 9.59 Å². The van der Waals surface area contributed by atoms with Gasteiger partial charge in [0.05, 0.1) is 23.0 Å². The number of carbonyl (C=O) groups is 2. The molecule has 1 fully saturated rings. The number of imide groups is 1. The molecule has 0 aliphatic carbocycles. The van der Waals surface area contributed by atoms with E-state index in [0.29, 0.717) is 33.0 Å². The molecule has 8 heteroatoms. The van der Waals surface area contributed by atoms with Crippen molar-refractivity contribution in [3.63, 3.8) is 0 Å². The molecule has 1 aliphatic rings. The first-order chi connectivity index (χ1) is 20.5. The summed E-state index contributed by atoms with van der Waals surface area (Å²) in [5, 5.41) is 4.00. The fourth-order valence-corrected chi connectivity index (χ4v) is 6.38. The van der Waals surface area contributed by atoms with Crippen LogP contribution in [0.3, 0.4) is 0 Å². The Morgan fingerprint density at radius 3 is 2.29 bits per heavy atom. The average Bonchev–Trinajstić information content (AvgIpc) is 3.27. The number of hydrogen-bond acceptors (Lipinski definition) is 6. The molecular weight excluding hydrogens is 614 g/mol. The molecule has 1 aliphatic heterocycles. The van der Waals surface area contributed by atoms with Crippen LogP contribution in [0, 0.1) is 0 Å². The number of benzene rings is 5. The zero-order valence-electron chi connectivity index (χ0n) is 22.7. The van der Waals surface area contributed by atoms with Crippen molar-refractivity contribution in [1.29, 1.82) is 0 Å². The monoisotopic (exact) mass is 639 g/mol. The number of ether oxygens (including phenoxy) is 3. The molecule has 6 rings (SSSR count). The molecule has 1 heterocycles. The van der Waals surface area contributed by atoms with Crippen molar-refractivity contribution in [2.24, 2.45) is 0 Å². The Hall–Kier alpha value is -4.27. The Kier molecular flexibility index (Phi) is 8.17. The topological polar surface area (TPSA) is 65.1 Å². The van der Waals surface area contributed by atoms with Gasteiger partial charge < -0.3 is 14.2 Å². The number of fused-ring (bicyclic) bond motifs is 2. The molecule has 0 unspecified atom stereocenters. The van der Waals surface area contributed by atoms with Crippen LogP contribution in [0.1, 0.15) is 11.1 Å². The van der Waals surface area contributed by atoms with Gasteiger partial charge in [-0.25, -0.2) is 0 Å². The van der Waals surface area contributed by atoms with Crippen molar-refractivity contribution in [2.75, 3.05) is 20.3 Å². The summed E-state index contributed by atoms with van der Waals surface area (Å²) in [6, 6.07) is 31.7. The van der Waals surface area contributed by atoms with Crippen LogP contribution >= 0.6 is 27.7 Å². The minimum Gasteiger partial charge on any atom is -0.493 e. The second-order valence-electron chi connectivity index (χ2n) is 9.62. The molecule has 2 amide bonds. The SMILES string of the molecule is COc1cc(/C=C2\SC(=O)N(CCOc3cccc4ccccc34)C2=O)cc(Br)c1OCc1cccc2ccccc12. The van der Waals surface area contributed by atoms with E-state index in [1.807, 2.05) is 72.8 Å². The van der Waals surface area contributed by atoms with Crippen LogP contribution in [0.5, 0.6) is 17.2 Å². The van der Waals surface area contributed by atoms with Crippen LogP contribution in [0.25, 0.3) is 27.6 Å². The zero-order valence-corrected chi connectivity index (χ0v) is 25.1. The summed E-state index contributed by atoms with van der Waals surface area (Å²) in [5.41, 5.74) is 1.76. The highest BCUT2D eigenvalue weighted by Gasteiger charge is 2.35. The number of methoxy groups -OCH3 is 1. The molecule has 1 saturated heterocycles. The Morgan fingerprint density at radius 2 is 1.50 bits per heavy atom. The van der Waals surface area contributed by atoms with E-state index in [4.69, 9.17) is 14.2 Å². The number of amides is 2. The van der Waals surface area contributed by atoms with E-state index in [0.717, 1.165) is 44.6 Å². The first kappa shape index (κ1) is 27.9. The maximum atomic E-state index is 13.1. The van der Waals surface area contributed by atoms with Crippen LogP contribution in [0.4, 0.5) is 4.79 Å². The summed E-state index contributed by atoms with van der Waals surface area (Å²) in [6.45, 7) is 0.704. The van der Waals surface area contributed by atoms with Gasteiger partial charge in [-0.3, -0.25) is 14.5 Å². The van der Waals surface area contributed by atoms with E-state index in [1.54, 1.807) is 19.3 Å². The van der Waals surface area contributed by atoms with Crippen molar-refractivity contribution < 1.29 is 23.8 Å². The summed E-state index contributed by atoms with van der Waals surface area (Å²) in [6.07, 6.45) is 1.69. The van der Waals surface area contributed by atoms with Gasteiger partial charge >= 0.3 is 0 Å². The molecule has 5 aromatic rings. The molecular formula is C34H26BrNO5S. The van der Waals surface area contributed by atoms with Gasteiger partial charge in [-0.1, -0.05) is 78.9 Å². The van der Waals surface area contributed by atoms with Gasteiger partial charge in [0.25, 0.3) is 11.1 Å². The fourth-order valence-electron chi connectivity index (χ4n) is 4.94. The Morgan fingerprint density at radius 1 is 0.810 bits per heavy atom. The second kappa shape index (κ2) is 12.3. The Bertz CT molecular complexity index is 1840. The average molecular weight is 641 g/mol. The van der Waals surface area contributed by atoms with Gasteiger partial charge in [0.2, 0.25) is 0 Å². The lowest BCUT2D eigenvalue weighted by atomic mass is 10.1. The number of nitrogens with zero attached hydrogens (tertiary/aromatic N) is 1. The summed E-state index contributed by atoms with van der Waals surface area (Å²) in [4.78, 5) is 27.4. The number of rotatable bonds is 9. The predicted molar refractivity (Wildman–Crippen MR) is 171 cm³/mol. The number of thioether (sulfide) groups is 1. The molecule has 0 saturated carbocycles. The van der Waals surface area contributed by atoms with E-state index in [2.05, 4.69) is 34.1 Å². The molecule has 6 nitrogen and oxygen atoms in total.